The summed E-state index contributed by atoms with van der Waals surface area (Å²) < 4.78 is 5.45. The van der Waals surface area contributed by atoms with Crippen molar-refractivity contribution >= 4 is 6.41 Å². The van der Waals surface area contributed by atoms with E-state index in [0.29, 0.717) is 13.0 Å². The monoisotopic (exact) mass is 193 g/mol. The van der Waals surface area contributed by atoms with E-state index in [0.717, 1.165) is 11.3 Å². The predicted octanol–water partition coefficient (Wildman–Crippen LogP) is 1.89. The molecule has 1 N–H and O–H groups in total. The maximum atomic E-state index is 10.3. The van der Waals surface area contributed by atoms with Crippen LogP contribution in [0.3, 0.4) is 0 Å². The Bertz CT molecular complexity index is 299. The number of nitrogens with one attached hydrogen (secondary N) is 1. The Morgan fingerprint density at radius 2 is 2.21 bits per heavy atom. The van der Waals surface area contributed by atoms with Crippen molar-refractivity contribution in [3.8, 4) is 5.75 Å². The molecule has 14 heavy (non-hydrogen) atoms. The molecule has 0 heterocycles. The molecule has 0 aromatic heterocycles. The van der Waals surface area contributed by atoms with Gasteiger partial charge in [-0.2, -0.15) is 0 Å². The molecule has 0 aliphatic heterocycles. The van der Waals surface area contributed by atoms with Gasteiger partial charge in [0.25, 0.3) is 0 Å². The Labute approximate surface area is 84.1 Å². The third-order valence-electron chi connectivity index (χ3n) is 2.00. The van der Waals surface area contributed by atoms with E-state index in [9.17, 15) is 4.79 Å². The van der Waals surface area contributed by atoms with Crippen LogP contribution in [0.5, 0.6) is 5.75 Å². The van der Waals surface area contributed by atoms with Crippen LogP contribution in [0, 0.1) is 0 Å². The number of benzene rings is 1. The van der Waals surface area contributed by atoms with Gasteiger partial charge in [0.05, 0.1) is 12.6 Å². The lowest BCUT2D eigenvalue weighted by Crippen LogP contribution is -2.17. The van der Waals surface area contributed by atoms with Crippen LogP contribution < -0.4 is 10.1 Å². The summed E-state index contributed by atoms with van der Waals surface area (Å²) in [5.74, 6) is 0.830. The van der Waals surface area contributed by atoms with Gasteiger partial charge in [-0.15, -0.1) is 0 Å². The number of para-hydroxylation sites is 1. The largest absolute Gasteiger partial charge is 0.494 e. The average molecular weight is 193 g/mol. The molecule has 1 atom stereocenters. The first-order valence-electron chi connectivity index (χ1n) is 4.71. The number of carbonyl (C=O) groups is 1. The lowest BCUT2D eigenvalue weighted by molar-refractivity contribution is -0.110. The Morgan fingerprint density at radius 1 is 1.50 bits per heavy atom. The number of ether oxygens (including phenoxy) is 1. The number of amides is 1. The number of hydrogen-bond acceptors (Lipinski definition) is 2. The molecule has 0 aliphatic carbocycles. The zero-order valence-electron chi connectivity index (χ0n) is 8.49. The molecule has 0 spiro atoms. The first-order chi connectivity index (χ1) is 6.79. The van der Waals surface area contributed by atoms with Gasteiger partial charge < -0.3 is 10.1 Å². The normalized spacial score (nSPS) is 11.9. The second-order valence-electron chi connectivity index (χ2n) is 2.98. The molecule has 1 aromatic rings. The van der Waals surface area contributed by atoms with Crippen LogP contribution in [-0.2, 0) is 4.79 Å². The van der Waals surface area contributed by atoms with E-state index in [1.807, 2.05) is 38.1 Å². The van der Waals surface area contributed by atoms with Gasteiger partial charge in [-0.25, -0.2) is 0 Å². The van der Waals surface area contributed by atoms with E-state index < -0.39 is 0 Å². The third kappa shape index (κ3) is 2.49. The maximum Gasteiger partial charge on any atom is 0.207 e. The number of hydrogen-bond donors (Lipinski definition) is 1. The van der Waals surface area contributed by atoms with Crippen molar-refractivity contribution in [2.75, 3.05) is 6.61 Å². The topological polar surface area (TPSA) is 38.3 Å². The SMILES string of the molecule is CCOc1ccccc1[C@H](C)NC=O. The summed E-state index contributed by atoms with van der Waals surface area (Å²) >= 11 is 0. The molecular formula is C11H15NO2. The Hall–Kier alpha value is -1.51. The molecule has 0 aliphatic rings. The van der Waals surface area contributed by atoms with Gasteiger partial charge in [-0.1, -0.05) is 18.2 Å². The van der Waals surface area contributed by atoms with Gasteiger partial charge in [0.2, 0.25) is 6.41 Å². The van der Waals surface area contributed by atoms with E-state index in [1.165, 1.54) is 0 Å². The van der Waals surface area contributed by atoms with E-state index in [1.54, 1.807) is 0 Å². The summed E-state index contributed by atoms with van der Waals surface area (Å²) in [6.07, 6.45) is 0.702. The standard InChI is InChI=1S/C11H15NO2/c1-3-14-11-7-5-4-6-10(11)9(2)12-8-13/h4-9H,3H2,1-2H3,(H,12,13)/t9-/m0/s1. The van der Waals surface area contributed by atoms with Gasteiger partial charge in [-0.05, 0) is 19.9 Å². The maximum absolute atomic E-state index is 10.3. The Kier molecular flexibility index (Phi) is 3.98. The van der Waals surface area contributed by atoms with E-state index in [2.05, 4.69) is 5.32 Å². The lowest BCUT2D eigenvalue weighted by Gasteiger charge is -2.15. The fourth-order valence-electron chi connectivity index (χ4n) is 1.32. The smallest absolute Gasteiger partial charge is 0.207 e. The van der Waals surface area contributed by atoms with Gasteiger partial charge in [-0.3, -0.25) is 4.79 Å². The van der Waals surface area contributed by atoms with Crippen LogP contribution in [-0.4, -0.2) is 13.0 Å². The highest BCUT2D eigenvalue weighted by Gasteiger charge is 2.09. The molecule has 3 heteroatoms. The van der Waals surface area contributed by atoms with Crippen LogP contribution in [0.1, 0.15) is 25.5 Å². The van der Waals surface area contributed by atoms with Gasteiger partial charge in [0, 0.05) is 5.56 Å². The number of carbonyl (C=O) groups excluding carboxylic acids is 1. The van der Waals surface area contributed by atoms with Crippen LogP contribution in [0.2, 0.25) is 0 Å². The van der Waals surface area contributed by atoms with Crippen molar-refractivity contribution in [1.82, 2.24) is 5.32 Å². The highest BCUT2D eigenvalue weighted by atomic mass is 16.5. The number of rotatable bonds is 5. The average Bonchev–Trinajstić information content (AvgIpc) is 2.19. The second-order valence-corrected chi connectivity index (χ2v) is 2.98. The summed E-state index contributed by atoms with van der Waals surface area (Å²) in [5.41, 5.74) is 1.00. The Morgan fingerprint density at radius 3 is 2.86 bits per heavy atom. The molecule has 1 rings (SSSR count). The van der Waals surface area contributed by atoms with E-state index in [-0.39, 0.29) is 6.04 Å². The second kappa shape index (κ2) is 5.27. The summed E-state index contributed by atoms with van der Waals surface area (Å²) in [5, 5.41) is 2.70. The van der Waals surface area contributed by atoms with Crippen molar-refractivity contribution in [1.29, 1.82) is 0 Å². The molecule has 0 saturated carbocycles. The van der Waals surface area contributed by atoms with Crippen molar-refractivity contribution in [2.45, 2.75) is 19.9 Å². The first kappa shape index (κ1) is 10.6. The highest BCUT2D eigenvalue weighted by molar-refractivity contribution is 5.49. The third-order valence-corrected chi connectivity index (χ3v) is 2.00. The summed E-state index contributed by atoms with van der Waals surface area (Å²) in [6.45, 7) is 4.49. The minimum absolute atomic E-state index is 0.0183. The molecule has 3 nitrogen and oxygen atoms in total. The molecule has 0 saturated heterocycles. The van der Waals surface area contributed by atoms with Gasteiger partial charge in [0.15, 0.2) is 0 Å². The minimum atomic E-state index is -0.0183. The van der Waals surface area contributed by atoms with E-state index >= 15 is 0 Å². The zero-order chi connectivity index (χ0) is 10.4. The molecule has 0 unspecified atom stereocenters. The molecular weight excluding hydrogens is 178 g/mol. The molecule has 0 fully saturated rings. The molecule has 1 aromatic carbocycles. The predicted molar refractivity (Wildman–Crippen MR) is 55.2 cm³/mol. The van der Waals surface area contributed by atoms with Crippen molar-refractivity contribution in [2.24, 2.45) is 0 Å². The highest BCUT2D eigenvalue weighted by Crippen LogP contribution is 2.24. The Balaban J connectivity index is 2.87. The molecule has 0 bridgehead atoms. The zero-order valence-corrected chi connectivity index (χ0v) is 8.49. The summed E-state index contributed by atoms with van der Waals surface area (Å²) in [6, 6.07) is 7.69. The lowest BCUT2D eigenvalue weighted by atomic mass is 10.1. The van der Waals surface area contributed by atoms with Crippen LogP contribution in [0.4, 0.5) is 0 Å². The van der Waals surface area contributed by atoms with Crippen molar-refractivity contribution < 1.29 is 9.53 Å². The fraction of sp³-hybridized carbons (Fsp3) is 0.364. The first-order valence-corrected chi connectivity index (χ1v) is 4.71. The fourth-order valence-corrected chi connectivity index (χ4v) is 1.32. The molecule has 1 amide bonds. The summed E-state index contributed by atoms with van der Waals surface area (Å²) in [7, 11) is 0. The summed E-state index contributed by atoms with van der Waals surface area (Å²) in [4.78, 5) is 10.3. The minimum Gasteiger partial charge on any atom is -0.494 e. The molecule has 0 radical (unpaired) electrons. The quantitative estimate of drug-likeness (QED) is 0.725. The van der Waals surface area contributed by atoms with Crippen LogP contribution in [0.15, 0.2) is 24.3 Å². The van der Waals surface area contributed by atoms with Crippen LogP contribution >= 0.6 is 0 Å². The van der Waals surface area contributed by atoms with Crippen molar-refractivity contribution in [3.05, 3.63) is 29.8 Å². The van der Waals surface area contributed by atoms with E-state index in [4.69, 9.17) is 4.74 Å². The van der Waals surface area contributed by atoms with Gasteiger partial charge >= 0.3 is 0 Å². The molecule has 76 valence electrons. The van der Waals surface area contributed by atoms with Gasteiger partial charge in [0.1, 0.15) is 5.75 Å². The van der Waals surface area contributed by atoms with Crippen LogP contribution in [0.25, 0.3) is 0 Å². The van der Waals surface area contributed by atoms with Crippen molar-refractivity contribution in [3.63, 3.8) is 0 Å².